The molecule has 1 heterocycles. The summed E-state index contributed by atoms with van der Waals surface area (Å²) in [5.41, 5.74) is 1.37. The molecule has 1 aliphatic carbocycles. The second kappa shape index (κ2) is 8.68. The number of nitrogens with one attached hydrogen (secondary N) is 1. The van der Waals surface area contributed by atoms with Crippen molar-refractivity contribution < 1.29 is 9.59 Å². The van der Waals surface area contributed by atoms with Gasteiger partial charge in [0.15, 0.2) is 0 Å². The van der Waals surface area contributed by atoms with Gasteiger partial charge < -0.3 is 15.1 Å². The number of benzene rings is 1. The second-order valence-electron chi connectivity index (χ2n) is 6.98. The van der Waals surface area contributed by atoms with Crippen molar-refractivity contribution in [2.24, 2.45) is 11.8 Å². The lowest BCUT2D eigenvalue weighted by atomic mass is 9.96. The van der Waals surface area contributed by atoms with Crippen LogP contribution in [0.2, 0.25) is 0 Å². The molecule has 1 aromatic carbocycles. The van der Waals surface area contributed by atoms with Gasteiger partial charge in [0.1, 0.15) is 0 Å². The molecule has 0 bridgehead atoms. The average Bonchev–Trinajstić information content (AvgIpc) is 3.46. The standard InChI is InChI=1S/C19H27N3O2.ClH/c1-20-13-14-9-11-22(12-10-14)19(24)16-5-3-4-6-17(16)21(2)18(23)15-7-8-15;/h3-6,14-15,20H,7-13H2,1-2H3;1H. The first-order valence-electron chi connectivity index (χ1n) is 8.92. The molecule has 25 heavy (non-hydrogen) atoms. The van der Waals surface area contributed by atoms with Crippen LogP contribution in [0.5, 0.6) is 0 Å². The van der Waals surface area contributed by atoms with Crippen molar-refractivity contribution in [3.63, 3.8) is 0 Å². The molecule has 0 unspecified atom stereocenters. The number of likely N-dealkylation sites (tertiary alicyclic amines) is 1. The van der Waals surface area contributed by atoms with E-state index in [1.807, 2.05) is 36.2 Å². The first-order chi connectivity index (χ1) is 11.6. The summed E-state index contributed by atoms with van der Waals surface area (Å²) in [6.45, 7) is 2.59. The van der Waals surface area contributed by atoms with Gasteiger partial charge in [-0.25, -0.2) is 0 Å². The number of hydrogen-bond donors (Lipinski definition) is 1. The summed E-state index contributed by atoms with van der Waals surface area (Å²) >= 11 is 0. The Kier molecular flexibility index (Phi) is 6.85. The molecule has 2 amide bonds. The Morgan fingerprint density at radius 1 is 1.16 bits per heavy atom. The lowest BCUT2D eigenvalue weighted by Gasteiger charge is -2.33. The van der Waals surface area contributed by atoms with Crippen LogP contribution in [0.4, 0.5) is 5.69 Å². The van der Waals surface area contributed by atoms with Gasteiger partial charge in [-0.15, -0.1) is 12.4 Å². The predicted molar refractivity (Wildman–Crippen MR) is 102 cm³/mol. The van der Waals surface area contributed by atoms with E-state index in [0.717, 1.165) is 51.0 Å². The number of hydrogen-bond acceptors (Lipinski definition) is 3. The lowest BCUT2D eigenvalue weighted by Crippen LogP contribution is -2.41. The van der Waals surface area contributed by atoms with E-state index >= 15 is 0 Å². The number of para-hydroxylation sites is 1. The minimum atomic E-state index is 0. The number of anilines is 1. The van der Waals surface area contributed by atoms with Crippen LogP contribution < -0.4 is 10.2 Å². The van der Waals surface area contributed by atoms with Gasteiger partial charge in [0.2, 0.25) is 5.91 Å². The molecule has 5 nitrogen and oxygen atoms in total. The number of amides is 2. The third-order valence-corrected chi connectivity index (χ3v) is 5.15. The van der Waals surface area contributed by atoms with Crippen LogP contribution in [0.15, 0.2) is 24.3 Å². The van der Waals surface area contributed by atoms with Gasteiger partial charge in [-0.3, -0.25) is 9.59 Å². The van der Waals surface area contributed by atoms with Gasteiger partial charge in [-0.2, -0.15) is 0 Å². The molecule has 0 aromatic heterocycles. The fraction of sp³-hybridized carbons (Fsp3) is 0.579. The van der Waals surface area contributed by atoms with Crippen molar-refractivity contribution in [1.29, 1.82) is 0 Å². The van der Waals surface area contributed by atoms with E-state index in [9.17, 15) is 9.59 Å². The molecule has 6 heteroatoms. The third kappa shape index (κ3) is 4.53. The zero-order valence-corrected chi connectivity index (χ0v) is 15.8. The van der Waals surface area contributed by atoms with Gasteiger partial charge in [-0.1, -0.05) is 12.1 Å². The number of nitrogens with zero attached hydrogens (tertiary/aromatic N) is 2. The minimum absolute atomic E-state index is 0. The number of halogens is 1. The van der Waals surface area contributed by atoms with Crippen LogP contribution in [0.3, 0.4) is 0 Å². The summed E-state index contributed by atoms with van der Waals surface area (Å²) in [5.74, 6) is 0.968. The Bertz CT molecular complexity index is 610. The zero-order chi connectivity index (χ0) is 17.1. The van der Waals surface area contributed by atoms with Gasteiger partial charge in [-0.05, 0) is 57.3 Å². The molecule has 0 radical (unpaired) electrons. The highest BCUT2D eigenvalue weighted by Crippen LogP contribution is 2.33. The smallest absolute Gasteiger partial charge is 0.255 e. The maximum Gasteiger partial charge on any atom is 0.255 e. The van der Waals surface area contributed by atoms with Crippen molar-refractivity contribution in [2.45, 2.75) is 25.7 Å². The summed E-state index contributed by atoms with van der Waals surface area (Å²) in [5, 5.41) is 3.22. The molecule has 1 saturated carbocycles. The lowest BCUT2D eigenvalue weighted by molar-refractivity contribution is -0.119. The maximum absolute atomic E-state index is 13.0. The van der Waals surface area contributed by atoms with Gasteiger partial charge in [0.25, 0.3) is 5.91 Å². The van der Waals surface area contributed by atoms with E-state index < -0.39 is 0 Å². The Balaban J connectivity index is 0.00000225. The van der Waals surface area contributed by atoms with Crippen LogP contribution in [-0.2, 0) is 4.79 Å². The fourth-order valence-electron chi connectivity index (χ4n) is 3.47. The number of carbonyl (C=O) groups is 2. The van der Waals surface area contributed by atoms with Crippen molar-refractivity contribution in [1.82, 2.24) is 10.2 Å². The fourth-order valence-corrected chi connectivity index (χ4v) is 3.47. The highest BCUT2D eigenvalue weighted by atomic mass is 35.5. The topological polar surface area (TPSA) is 52.7 Å². The number of rotatable bonds is 5. The minimum Gasteiger partial charge on any atom is -0.339 e. The molecule has 1 N–H and O–H groups in total. The quantitative estimate of drug-likeness (QED) is 0.872. The molecule has 1 saturated heterocycles. The van der Waals surface area contributed by atoms with E-state index in [1.165, 1.54) is 0 Å². The van der Waals surface area contributed by atoms with Gasteiger partial charge in [0, 0.05) is 26.1 Å². The largest absolute Gasteiger partial charge is 0.339 e. The number of carbonyl (C=O) groups excluding carboxylic acids is 2. The van der Waals surface area contributed by atoms with Crippen molar-refractivity contribution in [2.75, 3.05) is 38.6 Å². The van der Waals surface area contributed by atoms with Crippen LogP contribution in [-0.4, -0.2) is 50.4 Å². The van der Waals surface area contributed by atoms with E-state index in [1.54, 1.807) is 11.9 Å². The molecule has 2 aliphatic rings. The molecule has 1 aliphatic heterocycles. The molecule has 3 rings (SSSR count). The van der Waals surface area contributed by atoms with E-state index in [-0.39, 0.29) is 30.1 Å². The summed E-state index contributed by atoms with van der Waals surface area (Å²) in [4.78, 5) is 28.9. The Labute approximate surface area is 156 Å². The van der Waals surface area contributed by atoms with Crippen LogP contribution >= 0.6 is 12.4 Å². The highest BCUT2D eigenvalue weighted by molar-refractivity contribution is 6.05. The van der Waals surface area contributed by atoms with E-state index in [0.29, 0.717) is 11.5 Å². The zero-order valence-electron chi connectivity index (χ0n) is 15.0. The normalized spacial score (nSPS) is 17.8. The predicted octanol–water partition coefficient (Wildman–Crippen LogP) is 2.55. The van der Waals surface area contributed by atoms with Crippen LogP contribution in [0.1, 0.15) is 36.0 Å². The average molecular weight is 366 g/mol. The Morgan fingerprint density at radius 3 is 2.40 bits per heavy atom. The third-order valence-electron chi connectivity index (χ3n) is 5.15. The SMILES string of the molecule is CNCC1CCN(C(=O)c2ccccc2N(C)C(=O)C2CC2)CC1.Cl. The Morgan fingerprint density at radius 2 is 1.80 bits per heavy atom. The van der Waals surface area contributed by atoms with E-state index in [2.05, 4.69) is 5.32 Å². The van der Waals surface area contributed by atoms with Crippen LogP contribution in [0, 0.1) is 11.8 Å². The summed E-state index contributed by atoms with van der Waals surface area (Å²) in [6, 6.07) is 7.48. The number of piperidine rings is 1. The van der Waals surface area contributed by atoms with Gasteiger partial charge >= 0.3 is 0 Å². The van der Waals surface area contributed by atoms with E-state index in [4.69, 9.17) is 0 Å². The Hall–Kier alpha value is -1.59. The van der Waals surface area contributed by atoms with Crippen LogP contribution in [0.25, 0.3) is 0 Å². The molecule has 138 valence electrons. The molecular weight excluding hydrogens is 338 g/mol. The van der Waals surface area contributed by atoms with Crippen molar-refractivity contribution >= 4 is 29.9 Å². The molecule has 2 fully saturated rings. The summed E-state index contributed by atoms with van der Waals surface area (Å²) < 4.78 is 0. The maximum atomic E-state index is 13.0. The first-order valence-corrected chi connectivity index (χ1v) is 8.92. The summed E-state index contributed by atoms with van der Waals surface area (Å²) in [7, 11) is 3.76. The monoisotopic (exact) mass is 365 g/mol. The second-order valence-corrected chi connectivity index (χ2v) is 6.98. The molecule has 0 atom stereocenters. The first kappa shape index (κ1) is 19.7. The summed E-state index contributed by atoms with van der Waals surface area (Å²) in [6.07, 6.45) is 4.01. The highest BCUT2D eigenvalue weighted by Gasteiger charge is 2.34. The van der Waals surface area contributed by atoms with Crippen molar-refractivity contribution in [3.8, 4) is 0 Å². The van der Waals surface area contributed by atoms with Crippen molar-refractivity contribution in [3.05, 3.63) is 29.8 Å². The molecule has 1 aromatic rings. The van der Waals surface area contributed by atoms with Gasteiger partial charge in [0.05, 0.1) is 11.3 Å². The molecule has 0 spiro atoms. The molecular formula is C19H28ClN3O2.